The molecule has 1 saturated heterocycles. The van der Waals surface area contributed by atoms with Gasteiger partial charge in [0.15, 0.2) is 0 Å². The van der Waals surface area contributed by atoms with Crippen LogP contribution in [0.3, 0.4) is 0 Å². The smallest absolute Gasteiger partial charge is 0.308 e. The lowest BCUT2D eigenvalue weighted by atomic mass is 10.0. The summed E-state index contributed by atoms with van der Waals surface area (Å²) in [5.74, 6) is -1.86. The molecule has 2 heterocycles. The molecule has 0 aliphatic carbocycles. The monoisotopic (exact) mass is 357 g/mol. The van der Waals surface area contributed by atoms with E-state index >= 15 is 0 Å². The maximum Gasteiger partial charge on any atom is 0.308 e. The molecule has 0 spiro atoms. The number of benzene rings is 1. The van der Waals surface area contributed by atoms with E-state index in [0.717, 1.165) is 11.3 Å². The van der Waals surface area contributed by atoms with Crippen LogP contribution in [0.2, 0.25) is 0 Å². The van der Waals surface area contributed by atoms with Crippen LogP contribution in [0.1, 0.15) is 43.8 Å². The third-order valence-electron chi connectivity index (χ3n) is 4.46. The maximum absolute atomic E-state index is 12.8. The summed E-state index contributed by atoms with van der Waals surface area (Å²) < 4.78 is 0. The highest BCUT2D eigenvalue weighted by Crippen LogP contribution is 2.25. The number of hydrogen-bond donors (Lipinski definition) is 1. The molecule has 1 aromatic heterocycles. The quantitative estimate of drug-likeness (QED) is 0.835. The molecule has 1 aromatic carbocycles. The van der Waals surface area contributed by atoms with E-state index in [4.69, 9.17) is 5.11 Å². The van der Waals surface area contributed by atoms with Crippen molar-refractivity contribution in [3.05, 3.63) is 57.3 Å². The van der Waals surface area contributed by atoms with E-state index in [9.17, 15) is 14.4 Å². The van der Waals surface area contributed by atoms with Gasteiger partial charge in [0.05, 0.1) is 16.4 Å². The molecule has 1 aliphatic heterocycles. The molecule has 1 amide bonds. The van der Waals surface area contributed by atoms with Crippen molar-refractivity contribution in [2.75, 3.05) is 13.1 Å². The Labute approximate surface area is 149 Å². The highest BCUT2D eigenvalue weighted by Gasteiger charge is 2.32. The molecule has 0 radical (unpaired) electrons. The van der Waals surface area contributed by atoms with E-state index in [-0.39, 0.29) is 18.2 Å². The normalized spacial score (nSPS) is 16.8. The molecule has 1 unspecified atom stereocenters. The van der Waals surface area contributed by atoms with Gasteiger partial charge in [-0.05, 0) is 31.0 Å². The van der Waals surface area contributed by atoms with Gasteiger partial charge in [-0.25, -0.2) is 0 Å². The number of carbonyl (C=O) groups excluding carboxylic acids is 2. The lowest BCUT2D eigenvalue weighted by molar-refractivity contribution is -0.141. The van der Waals surface area contributed by atoms with Crippen molar-refractivity contribution in [3.8, 4) is 0 Å². The van der Waals surface area contributed by atoms with Gasteiger partial charge in [-0.15, -0.1) is 11.3 Å². The highest BCUT2D eigenvalue weighted by molar-refractivity contribution is 7.14. The fraction of sp³-hybridized carbons (Fsp3) is 0.316. The second-order valence-corrected chi connectivity index (χ2v) is 7.24. The summed E-state index contributed by atoms with van der Waals surface area (Å²) in [6.07, 6.45) is 1.31. The van der Waals surface area contributed by atoms with E-state index in [1.807, 2.05) is 13.0 Å². The Kier molecular flexibility index (Phi) is 4.99. The van der Waals surface area contributed by atoms with Crippen LogP contribution in [0.15, 0.2) is 36.4 Å². The van der Waals surface area contributed by atoms with Crippen molar-refractivity contribution >= 4 is 29.0 Å². The fourth-order valence-corrected chi connectivity index (χ4v) is 3.91. The summed E-state index contributed by atoms with van der Waals surface area (Å²) in [5, 5.41) is 9.11. The average Bonchev–Trinajstić information content (AvgIpc) is 3.30. The zero-order valence-electron chi connectivity index (χ0n) is 13.9. The van der Waals surface area contributed by atoms with Gasteiger partial charge in [0.1, 0.15) is 0 Å². The third kappa shape index (κ3) is 3.49. The van der Waals surface area contributed by atoms with Gasteiger partial charge in [0.2, 0.25) is 5.78 Å². The van der Waals surface area contributed by atoms with E-state index in [0.29, 0.717) is 29.0 Å². The van der Waals surface area contributed by atoms with Crippen molar-refractivity contribution in [1.29, 1.82) is 0 Å². The van der Waals surface area contributed by atoms with Gasteiger partial charge in [-0.3, -0.25) is 14.4 Å². The SMILES string of the molecule is CCc1ccc(C(=O)c2ccccc2C(=O)N2CCC(C(=O)O)C2)s1. The standard InChI is InChI=1S/C19H19NO4S/c1-2-13-7-8-16(25-13)17(21)14-5-3-4-6-15(14)18(22)20-10-9-12(11-20)19(23)24/h3-8,12H,2,9-11H2,1H3,(H,23,24). The van der Waals surface area contributed by atoms with E-state index in [1.54, 1.807) is 30.3 Å². The number of aliphatic carboxylic acids is 1. The summed E-state index contributed by atoms with van der Waals surface area (Å²) in [4.78, 5) is 40.0. The van der Waals surface area contributed by atoms with Crippen LogP contribution in [0.5, 0.6) is 0 Å². The minimum atomic E-state index is -0.884. The predicted molar refractivity (Wildman–Crippen MR) is 95.2 cm³/mol. The fourth-order valence-electron chi connectivity index (χ4n) is 3.01. The Morgan fingerprint density at radius 3 is 2.48 bits per heavy atom. The molecule has 2 aromatic rings. The number of amides is 1. The van der Waals surface area contributed by atoms with Crippen LogP contribution in [0.25, 0.3) is 0 Å². The van der Waals surface area contributed by atoms with Crippen LogP contribution in [0.4, 0.5) is 0 Å². The van der Waals surface area contributed by atoms with Crippen molar-refractivity contribution in [3.63, 3.8) is 0 Å². The Bertz CT molecular complexity index is 826. The van der Waals surface area contributed by atoms with E-state index < -0.39 is 11.9 Å². The van der Waals surface area contributed by atoms with Gasteiger partial charge in [0.25, 0.3) is 5.91 Å². The number of carboxylic acid groups (broad SMARTS) is 1. The summed E-state index contributed by atoms with van der Waals surface area (Å²) in [7, 11) is 0. The van der Waals surface area contributed by atoms with Crippen LogP contribution in [0, 0.1) is 5.92 Å². The van der Waals surface area contributed by atoms with Crippen LogP contribution in [-0.2, 0) is 11.2 Å². The molecule has 0 saturated carbocycles. The molecule has 130 valence electrons. The van der Waals surface area contributed by atoms with Crippen molar-refractivity contribution in [1.82, 2.24) is 4.90 Å². The van der Waals surface area contributed by atoms with Gasteiger partial charge >= 0.3 is 5.97 Å². The predicted octanol–water partition coefficient (Wildman–Crippen LogP) is 3.09. The average molecular weight is 357 g/mol. The highest BCUT2D eigenvalue weighted by atomic mass is 32.1. The third-order valence-corrected chi connectivity index (χ3v) is 5.69. The molecule has 25 heavy (non-hydrogen) atoms. The zero-order valence-corrected chi connectivity index (χ0v) is 14.7. The van der Waals surface area contributed by atoms with Crippen molar-refractivity contribution in [2.24, 2.45) is 5.92 Å². The summed E-state index contributed by atoms with van der Waals surface area (Å²) in [6, 6.07) is 10.5. The number of aryl methyl sites for hydroxylation is 1. The molecule has 1 aliphatic rings. The number of thiophene rings is 1. The lowest BCUT2D eigenvalue weighted by Gasteiger charge is -2.17. The Morgan fingerprint density at radius 2 is 1.88 bits per heavy atom. The topological polar surface area (TPSA) is 74.7 Å². The molecule has 1 atom stereocenters. The second-order valence-electron chi connectivity index (χ2n) is 6.07. The largest absolute Gasteiger partial charge is 0.481 e. The number of carbonyl (C=O) groups is 3. The van der Waals surface area contributed by atoms with Gasteiger partial charge < -0.3 is 10.0 Å². The van der Waals surface area contributed by atoms with Gasteiger partial charge in [-0.2, -0.15) is 0 Å². The number of nitrogens with zero attached hydrogens (tertiary/aromatic N) is 1. The minimum Gasteiger partial charge on any atom is -0.481 e. The Balaban J connectivity index is 1.87. The molecular formula is C19H19NO4S. The van der Waals surface area contributed by atoms with E-state index in [2.05, 4.69) is 0 Å². The van der Waals surface area contributed by atoms with Gasteiger partial charge in [0, 0.05) is 23.5 Å². The van der Waals surface area contributed by atoms with E-state index in [1.165, 1.54) is 16.2 Å². The molecule has 5 nitrogen and oxygen atoms in total. The Hall–Kier alpha value is -2.47. The van der Waals surface area contributed by atoms with Crippen LogP contribution in [-0.4, -0.2) is 40.8 Å². The number of rotatable bonds is 5. The van der Waals surface area contributed by atoms with Crippen molar-refractivity contribution in [2.45, 2.75) is 19.8 Å². The van der Waals surface area contributed by atoms with Gasteiger partial charge in [-0.1, -0.05) is 25.1 Å². The molecule has 3 rings (SSSR count). The molecular weight excluding hydrogens is 338 g/mol. The molecule has 1 fully saturated rings. The maximum atomic E-state index is 12.8. The number of carboxylic acids is 1. The second kappa shape index (κ2) is 7.19. The minimum absolute atomic E-state index is 0.164. The first kappa shape index (κ1) is 17.4. The number of ketones is 1. The molecule has 0 bridgehead atoms. The van der Waals surface area contributed by atoms with Crippen LogP contribution < -0.4 is 0 Å². The first-order chi connectivity index (χ1) is 12.0. The lowest BCUT2D eigenvalue weighted by Crippen LogP contribution is -2.31. The van der Waals surface area contributed by atoms with Crippen molar-refractivity contribution < 1.29 is 19.5 Å². The molecule has 6 heteroatoms. The summed E-state index contributed by atoms with van der Waals surface area (Å²) in [5.41, 5.74) is 0.709. The summed E-state index contributed by atoms with van der Waals surface area (Å²) in [6.45, 7) is 2.62. The number of likely N-dealkylation sites (tertiary alicyclic amines) is 1. The Morgan fingerprint density at radius 1 is 1.16 bits per heavy atom. The number of hydrogen-bond acceptors (Lipinski definition) is 4. The first-order valence-electron chi connectivity index (χ1n) is 8.25. The zero-order chi connectivity index (χ0) is 18.0. The van der Waals surface area contributed by atoms with Crippen LogP contribution >= 0.6 is 11.3 Å². The molecule has 1 N–H and O–H groups in total. The first-order valence-corrected chi connectivity index (χ1v) is 9.07. The summed E-state index contributed by atoms with van der Waals surface area (Å²) >= 11 is 1.44.